The van der Waals surface area contributed by atoms with Gasteiger partial charge in [-0.2, -0.15) is 5.10 Å². The maximum atomic E-state index is 6.39. The molecule has 0 saturated carbocycles. The first-order valence-corrected chi connectivity index (χ1v) is 8.78. The number of rotatable bonds is 6. The highest BCUT2D eigenvalue weighted by Gasteiger charge is 2.18. The minimum atomic E-state index is 0.337. The van der Waals surface area contributed by atoms with E-state index in [0.717, 1.165) is 40.3 Å². The molecule has 114 valence electrons. The molecule has 1 atom stereocenters. The SMILES string of the molecule is CCn1nc(C)c(Cl)c1CC(CCl)Cc1ccccc1Br. The molecule has 0 spiro atoms. The van der Waals surface area contributed by atoms with E-state index in [2.05, 4.69) is 46.2 Å². The Morgan fingerprint density at radius 2 is 2.00 bits per heavy atom. The first kappa shape index (κ1) is 16.9. The van der Waals surface area contributed by atoms with Gasteiger partial charge in [0.05, 0.1) is 16.4 Å². The van der Waals surface area contributed by atoms with Crippen LogP contribution in [0.1, 0.15) is 23.9 Å². The van der Waals surface area contributed by atoms with Gasteiger partial charge in [-0.05, 0) is 44.2 Å². The summed E-state index contributed by atoms with van der Waals surface area (Å²) in [6, 6.07) is 8.27. The van der Waals surface area contributed by atoms with E-state index in [1.165, 1.54) is 5.56 Å². The van der Waals surface area contributed by atoms with Gasteiger partial charge in [-0.25, -0.2) is 0 Å². The Hall–Kier alpha value is -0.510. The molecular formula is C16H19BrCl2N2. The first-order valence-electron chi connectivity index (χ1n) is 7.07. The van der Waals surface area contributed by atoms with Crippen molar-refractivity contribution in [1.82, 2.24) is 9.78 Å². The molecule has 1 unspecified atom stereocenters. The summed E-state index contributed by atoms with van der Waals surface area (Å²) in [6.45, 7) is 4.85. The molecule has 0 aliphatic heterocycles. The monoisotopic (exact) mass is 388 g/mol. The van der Waals surface area contributed by atoms with Crippen LogP contribution in [-0.4, -0.2) is 15.7 Å². The highest BCUT2D eigenvalue weighted by molar-refractivity contribution is 9.10. The van der Waals surface area contributed by atoms with E-state index in [4.69, 9.17) is 23.2 Å². The molecule has 0 saturated heterocycles. The lowest BCUT2D eigenvalue weighted by molar-refractivity contribution is 0.531. The van der Waals surface area contributed by atoms with Gasteiger partial charge in [0, 0.05) is 16.9 Å². The van der Waals surface area contributed by atoms with Gasteiger partial charge in [0.2, 0.25) is 0 Å². The van der Waals surface area contributed by atoms with Gasteiger partial charge in [-0.1, -0.05) is 45.7 Å². The molecule has 2 nitrogen and oxygen atoms in total. The molecule has 1 aromatic heterocycles. The van der Waals surface area contributed by atoms with Crippen LogP contribution in [0, 0.1) is 12.8 Å². The molecule has 2 rings (SSSR count). The van der Waals surface area contributed by atoms with Gasteiger partial charge in [0.15, 0.2) is 0 Å². The highest BCUT2D eigenvalue weighted by atomic mass is 79.9. The molecule has 0 aliphatic carbocycles. The summed E-state index contributed by atoms with van der Waals surface area (Å²) in [6.07, 6.45) is 1.77. The molecular weight excluding hydrogens is 371 g/mol. The molecule has 21 heavy (non-hydrogen) atoms. The topological polar surface area (TPSA) is 17.8 Å². The second-order valence-corrected chi connectivity index (χ2v) is 6.72. The summed E-state index contributed by atoms with van der Waals surface area (Å²) >= 11 is 16.2. The zero-order chi connectivity index (χ0) is 15.4. The Balaban J connectivity index is 2.18. The Morgan fingerprint density at radius 1 is 1.29 bits per heavy atom. The average Bonchev–Trinajstić information content (AvgIpc) is 2.76. The summed E-state index contributed by atoms with van der Waals surface area (Å²) in [5.41, 5.74) is 3.26. The van der Waals surface area contributed by atoms with Crippen molar-refractivity contribution in [2.75, 3.05) is 5.88 Å². The quantitative estimate of drug-likeness (QED) is 0.615. The molecule has 0 N–H and O–H groups in total. The summed E-state index contributed by atoms with van der Waals surface area (Å²) in [5.74, 6) is 0.940. The summed E-state index contributed by atoms with van der Waals surface area (Å²) < 4.78 is 3.11. The average molecular weight is 390 g/mol. The van der Waals surface area contributed by atoms with Gasteiger partial charge in [-0.15, -0.1) is 11.6 Å². The smallest absolute Gasteiger partial charge is 0.0847 e. The lowest BCUT2D eigenvalue weighted by Gasteiger charge is -2.16. The number of benzene rings is 1. The van der Waals surface area contributed by atoms with Crippen LogP contribution >= 0.6 is 39.1 Å². The summed E-state index contributed by atoms with van der Waals surface area (Å²) in [5, 5.41) is 5.25. The van der Waals surface area contributed by atoms with E-state index in [-0.39, 0.29) is 0 Å². The van der Waals surface area contributed by atoms with Crippen LogP contribution in [0.3, 0.4) is 0 Å². The van der Waals surface area contributed by atoms with Gasteiger partial charge in [0.25, 0.3) is 0 Å². The summed E-state index contributed by atoms with van der Waals surface area (Å²) in [7, 11) is 0. The normalized spacial score (nSPS) is 12.6. The van der Waals surface area contributed by atoms with Crippen molar-refractivity contribution in [2.45, 2.75) is 33.2 Å². The first-order chi connectivity index (χ1) is 10.1. The molecule has 2 aromatic rings. The third-order valence-corrected chi connectivity index (χ3v) is 5.32. The third-order valence-electron chi connectivity index (χ3n) is 3.62. The van der Waals surface area contributed by atoms with Crippen LogP contribution in [0.25, 0.3) is 0 Å². The van der Waals surface area contributed by atoms with Crippen molar-refractivity contribution < 1.29 is 0 Å². The van der Waals surface area contributed by atoms with Crippen LogP contribution in [0.4, 0.5) is 0 Å². The predicted molar refractivity (Wildman–Crippen MR) is 93.4 cm³/mol. The van der Waals surface area contributed by atoms with Crippen molar-refractivity contribution >= 4 is 39.1 Å². The van der Waals surface area contributed by atoms with Crippen LogP contribution in [-0.2, 0) is 19.4 Å². The molecule has 0 radical (unpaired) electrons. The number of hydrogen-bond acceptors (Lipinski definition) is 1. The van der Waals surface area contributed by atoms with Gasteiger partial charge >= 0.3 is 0 Å². The number of halogens is 3. The van der Waals surface area contributed by atoms with E-state index in [0.29, 0.717) is 11.8 Å². The lowest BCUT2D eigenvalue weighted by atomic mass is 9.96. The molecule has 5 heteroatoms. The fourth-order valence-corrected chi connectivity index (χ4v) is 3.37. The molecule has 0 bridgehead atoms. The van der Waals surface area contributed by atoms with Crippen molar-refractivity contribution in [3.63, 3.8) is 0 Å². The minimum Gasteiger partial charge on any atom is -0.268 e. The fourth-order valence-electron chi connectivity index (χ4n) is 2.49. The van der Waals surface area contributed by atoms with Crippen molar-refractivity contribution in [1.29, 1.82) is 0 Å². The number of hydrogen-bond donors (Lipinski definition) is 0. The standard InChI is InChI=1S/C16H19BrCl2N2/c1-3-21-15(16(19)11(2)20-21)9-12(10-18)8-13-6-4-5-7-14(13)17/h4-7,12H,3,8-10H2,1-2H3. The van der Waals surface area contributed by atoms with Crippen LogP contribution in [0.5, 0.6) is 0 Å². The fraction of sp³-hybridized carbons (Fsp3) is 0.438. The highest BCUT2D eigenvalue weighted by Crippen LogP contribution is 2.27. The number of aromatic nitrogens is 2. The van der Waals surface area contributed by atoms with Crippen LogP contribution in [0.2, 0.25) is 5.02 Å². The molecule has 0 fully saturated rings. The zero-order valence-electron chi connectivity index (χ0n) is 12.2. The second-order valence-electron chi connectivity index (χ2n) is 5.18. The van der Waals surface area contributed by atoms with Crippen molar-refractivity contribution in [3.05, 3.63) is 50.7 Å². The second kappa shape index (κ2) is 7.66. The maximum absolute atomic E-state index is 6.39. The number of aryl methyl sites for hydroxylation is 2. The molecule has 1 aromatic carbocycles. The Labute approximate surface area is 144 Å². The number of alkyl halides is 1. The lowest BCUT2D eigenvalue weighted by Crippen LogP contribution is -2.14. The molecule has 1 heterocycles. The van der Waals surface area contributed by atoms with Gasteiger partial charge in [0.1, 0.15) is 0 Å². The van der Waals surface area contributed by atoms with Crippen molar-refractivity contribution in [2.24, 2.45) is 5.92 Å². The van der Waals surface area contributed by atoms with E-state index in [9.17, 15) is 0 Å². The van der Waals surface area contributed by atoms with E-state index < -0.39 is 0 Å². The zero-order valence-corrected chi connectivity index (χ0v) is 15.3. The van der Waals surface area contributed by atoms with Gasteiger partial charge in [-0.3, -0.25) is 4.68 Å². The largest absolute Gasteiger partial charge is 0.268 e. The Bertz CT molecular complexity index is 610. The minimum absolute atomic E-state index is 0.337. The van der Waals surface area contributed by atoms with Gasteiger partial charge < -0.3 is 0 Å². The predicted octanol–water partition coefficient (Wildman–Crippen LogP) is 5.27. The Kier molecular flexibility index (Phi) is 6.15. The Morgan fingerprint density at radius 3 is 2.62 bits per heavy atom. The molecule has 0 amide bonds. The summed E-state index contributed by atoms with van der Waals surface area (Å²) in [4.78, 5) is 0. The van der Waals surface area contributed by atoms with Crippen LogP contribution < -0.4 is 0 Å². The third kappa shape index (κ3) is 4.02. The van der Waals surface area contributed by atoms with Crippen LogP contribution in [0.15, 0.2) is 28.7 Å². The molecule has 0 aliphatic rings. The van der Waals surface area contributed by atoms with E-state index >= 15 is 0 Å². The van der Waals surface area contributed by atoms with E-state index in [1.54, 1.807) is 0 Å². The number of nitrogens with zero attached hydrogens (tertiary/aromatic N) is 2. The van der Waals surface area contributed by atoms with Crippen molar-refractivity contribution in [3.8, 4) is 0 Å². The maximum Gasteiger partial charge on any atom is 0.0847 e. The van der Waals surface area contributed by atoms with E-state index in [1.807, 2.05) is 17.7 Å².